The summed E-state index contributed by atoms with van der Waals surface area (Å²) in [6, 6.07) is 17.4. The molecule has 0 saturated carbocycles. The van der Waals surface area contributed by atoms with E-state index >= 15 is 0 Å². The summed E-state index contributed by atoms with van der Waals surface area (Å²) < 4.78 is 0.924. The van der Waals surface area contributed by atoms with Crippen LogP contribution in [0.1, 0.15) is 16.0 Å². The van der Waals surface area contributed by atoms with Gasteiger partial charge in [0.2, 0.25) is 5.91 Å². The molecule has 0 aliphatic rings. The summed E-state index contributed by atoms with van der Waals surface area (Å²) in [4.78, 5) is 28.9. The molecule has 0 saturated heterocycles. The largest absolute Gasteiger partial charge is 0.549 e. The highest BCUT2D eigenvalue weighted by Gasteiger charge is 2.15. The van der Waals surface area contributed by atoms with Gasteiger partial charge in [-0.25, -0.2) is 4.98 Å². The highest BCUT2D eigenvalue weighted by molar-refractivity contribution is 9.10. The van der Waals surface area contributed by atoms with Crippen molar-refractivity contribution >= 4 is 56.0 Å². The fraction of sp³-hybridized carbons (Fsp3) is 0.190. The molecule has 2 aromatic carbocycles. The molecule has 1 atom stereocenters. The lowest BCUT2D eigenvalue weighted by molar-refractivity contribution is -0.304. The van der Waals surface area contributed by atoms with E-state index in [9.17, 15) is 14.7 Å². The van der Waals surface area contributed by atoms with Crippen LogP contribution in [-0.2, 0) is 22.4 Å². The minimum Gasteiger partial charge on any atom is -0.549 e. The number of benzene rings is 2. The van der Waals surface area contributed by atoms with E-state index in [0.717, 1.165) is 33.1 Å². The summed E-state index contributed by atoms with van der Waals surface area (Å²) in [7, 11) is 0. The predicted molar refractivity (Wildman–Crippen MR) is 119 cm³/mol. The number of carbonyl (C=O) groups is 2. The van der Waals surface area contributed by atoms with Crippen LogP contribution in [0.5, 0.6) is 0 Å². The summed E-state index contributed by atoms with van der Waals surface area (Å²) in [6.45, 7) is 0. The molecule has 1 amide bonds. The zero-order chi connectivity index (χ0) is 20.6. The third-order valence-electron chi connectivity index (χ3n) is 4.03. The average Bonchev–Trinajstić information content (AvgIpc) is 3.13. The number of rotatable bonds is 9. The van der Waals surface area contributed by atoms with Crippen LogP contribution in [0.15, 0.2) is 65.3 Å². The first-order chi connectivity index (χ1) is 14.0. The van der Waals surface area contributed by atoms with E-state index in [2.05, 4.69) is 26.2 Å². The number of hydrogen-bond donors (Lipinski definition) is 1. The topological polar surface area (TPSA) is 82.1 Å². The van der Waals surface area contributed by atoms with Gasteiger partial charge in [-0.3, -0.25) is 4.79 Å². The molecule has 0 aliphatic carbocycles. The first kappa shape index (κ1) is 21.5. The SMILES string of the molecule is O=C(CS[C@H](Cc1ccc(Br)cc1)C(=O)[O-])Nc1ncc(Cc2ccccc2)s1. The number of aromatic nitrogens is 1. The van der Waals surface area contributed by atoms with Gasteiger partial charge in [0.25, 0.3) is 0 Å². The fourth-order valence-electron chi connectivity index (χ4n) is 2.62. The summed E-state index contributed by atoms with van der Waals surface area (Å²) in [5, 5.41) is 13.9. The van der Waals surface area contributed by atoms with Gasteiger partial charge >= 0.3 is 0 Å². The summed E-state index contributed by atoms with van der Waals surface area (Å²) in [6.07, 6.45) is 2.80. The Kier molecular flexibility index (Phi) is 7.85. The predicted octanol–water partition coefficient (Wildman–Crippen LogP) is 3.53. The van der Waals surface area contributed by atoms with Crippen molar-refractivity contribution in [2.75, 3.05) is 11.1 Å². The van der Waals surface area contributed by atoms with Crippen molar-refractivity contribution in [3.63, 3.8) is 0 Å². The number of carbonyl (C=O) groups excluding carboxylic acids is 2. The summed E-state index contributed by atoms with van der Waals surface area (Å²) in [5.41, 5.74) is 2.05. The number of anilines is 1. The zero-order valence-corrected chi connectivity index (χ0v) is 18.6. The van der Waals surface area contributed by atoms with E-state index in [1.807, 2.05) is 54.6 Å². The Bertz CT molecular complexity index is 962. The molecule has 5 nitrogen and oxygen atoms in total. The van der Waals surface area contributed by atoms with Gasteiger partial charge in [0.15, 0.2) is 5.13 Å². The number of nitrogens with zero attached hydrogens (tertiary/aromatic N) is 1. The van der Waals surface area contributed by atoms with Crippen molar-refractivity contribution in [3.05, 3.63) is 81.3 Å². The molecule has 0 fully saturated rings. The van der Waals surface area contributed by atoms with E-state index in [1.165, 1.54) is 16.9 Å². The maximum atomic E-state index is 12.2. The molecule has 1 aromatic heterocycles. The molecule has 0 unspecified atom stereocenters. The van der Waals surface area contributed by atoms with Gasteiger partial charge < -0.3 is 15.2 Å². The van der Waals surface area contributed by atoms with Crippen LogP contribution in [0.25, 0.3) is 0 Å². The van der Waals surface area contributed by atoms with Crippen molar-refractivity contribution in [3.8, 4) is 0 Å². The smallest absolute Gasteiger partial charge is 0.236 e. The minimum absolute atomic E-state index is 0.0166. The molecule has 3 rings (SSSR count). The van der Waals surface area contributed by atoms with Crippen molar-refractivity contribution < 1.29 is 14.7 Å². The van der Waals surface area contributed by atoms with Crippen LogP contribution < -0.4 is 10.4 Å². The van der Waals surface area contributed by atoms with Crippen LogP contribution in [0.4, 0.5) is 5.13 Å². The summed E-state index contributed by atoms with van der Waals surface area (Å²) in [5.74, 6) is -1.44. The number of amides is 1. The third-order valence-corrected chi connectivity index (χ3v) is 6.67. The summed E-state index contributed by atoms with van der Waals surface area (Å²) >= 11 is 5.82. The van der Waals surface area contributed by atoms with Gasteiger partial charge in [0, 0.05) is 27.2 Å². The Morgan fingerprint density at radius 1 is 1.10 bits per heavy atom. The first-order valence-electron chi connectivity index (χ1n) is 8.85. The normalized spacial score (nSPS) is 11.8. The number of halogens is 1. The first-order valence-corrected chi connectivity index (χ1v) is 11.5. The Morgan fingerprint density at radius 3 is 2.52 bits per heavy atom. The molecule has 8 heteroatoms. The molecular formula is C21H18BrN2O3S2-. The van der Waals surface area contributed by atoms with Crippen LogP contribution in [0.2, 0.25) is 0 Å². The number of carboxylic acid groups (broad SMARTS) is 1. The molecule has 1 heterocycles. The Morgan fingerprint density at radius 2 is 1.83 bits per heavy atom. The van der Waals surface area contributed by atoms with Crippen LogP contribution >= 0.6 is 39.0 Å². The van der Waals surface area contributed by atoms with Crippen LogP contribution in [0, 0.1) is 0 Å². The molecule has 3 aromatic rings. The number of thioether (sulfide) groups is 1. The van der Waals surface area contributed by atoms with Crippen molar-refractivity contribution in [1.29, 1.82) is 0 Å². The van der Waals surface area contributed by atoms with Gasteiger partial charge in [-0.05, 0) is 29.7 Å². The quantitative estimate of drug-likeness (QED) is 0.497. The molecule has 0 aliphatic heterocycles. The zero-order valence-electron chi connectivity index (χ0n) is 15.3. The van der Waals surface area contributed by atoms with E-state index in [0.29, 0.717) is 11.6 Å². The van der Waals surface area contributed by atoms with Gasteiger partial charge in [-0.1, -0.05) is 58.4 Å². The molecule has 1 N–H and O–H groups in total. The molecule has 0 radical (unpaired) electrons. The van der Waals surface area contributed by atoms with Gasteiger partial charge in [0.1, 0.15) is 0 Å². The number of thiazole rings is 1. The van der Waals surface area contributed by atoms with E-state index in [1.54, 1.807) is 6.20 Å². The van der Waals surface area contributed by atoms with Gasteiger partial charge in [0.05, 0.1) is 11.7 Å². The molecule has 29 heavy (non-hydrogen) atoms. The lowest BCUT2D eigenvalue weighted by Gasteiger charge is -2.17. The average molecular weight is 490 g/mol. The number of hydrogen-bond acceptors (Lipinski definition) is 6. The Hall–Kier alpha value is -2.16. The maximum absolute atomic E-state index is 12.2. The Labute approximate surface area is 185 Å². The highest BCUT2D eigenvalue weighted by atomic mass is 79.9. The molecular weight excluding hydrogens is 472 g/mol. The maximum Gasteiger partial charge on any atom is 0.236 e. The Balaban J connectivity index is 1.50. The van der Waals surface area contributed by atoms with Gasteiger partial charge in [-0.15, -0.1) is 23.1 Å². The second kappa shape index (κ2) is 10.6. The lowest BCUT2D eigenvalue weighted by Crippen LogP contribution is -2.36. The second-order valence-corrected chi connectivity index (χ2v) is 9.51. The number of carboxylic acids is 1. The second-order valence-electron chi connectivity index (χ2n) is 6.29. The molecule has 0 spiro atoms. The minimum atomic E-state index is -1.18. The van der Waals surface area contributed by atoms with Crippen molar-refractivity contribution in [1.82, 2.24) is 4.98 Å². The monoisotopic (exact) mass is 489 g/mol. The van der Waals surface area contributed by atoms with Crippen LogP contribution in [-0.4, -0.2) is 27.9 Å². The van der Waals surface area contributed by atoms with Gasteiger partial charge in [-0.2, -0.15) is 0 Å². The standard InChI is InChI=1S/C21H19BrN2O3S2/c22-16-8-6-15(7-9-16)11-18(20(26)27)28-13-19(25)24-21-23-12-17(29-21)10-14-4-2-1-3-5-14/h1-9,12,18H,10-11,13H2,(H,26,27)(H,23,24,25)/p-1/t18-/m1/s1. The lowest BCUT2D eigenvalue weighted by atomic mass is 10.1. The van der Waals surface area contributed by atoms with E-state index < -0.39 is 11.2 Å². The molecule has 0 bridgehead atoms. The van der Waals surface area contributed by atoms with Crippen molar-refractivity contribution in [2.45, 2.75) is 18.1 Å². The van der Waals surface area contributed by atoms with Crippen LogP contribution in [0.3, 0.4) is 0 Å². The van der Waals surface area contributed by atoms with E-state index in [-0.39, 0.29) is 11.7 Å². The third kappa shape index (κ3) is 6.99. The fourth-order valence-corrected chi connectivity index (χ4v) is 4.62. The highest BCUT2D eigenvalue weighted by Crippen LogP contribution is 2.22. The number of aliphatic carboxylic acids is 1. The number of nitrogens with one attached hydrogen (secondary N) is 1. The van der Waals surface area contributed by atoms with E-state index in [4.69, 9.17) is 0 Å². The molecule has 150 valence electrons. The van der Waals surface area contributed by atoms with Crippen molar-refractivity contribution in [2.24, 2.45) is 0 Å².